The van der Waals surface area contributed by atoms with E-state index in [4.69, 9.17) is 31.1 Å². The summed E-state index contributed by atoms with van der Waals surface area (Å²) in [4.78, 5) is 25.1. The molecule has 0 bridgehead atoms. The van der Waals surface area contributed by atoms with E-state index in [-0.39, 0.29) is 48.6 Å². The van der Waals surface area contributed by atoms with E-state index in [1.165, 1.54) is 30.3 Å². The summed E-state index contributed by atoms with van der Waals surface area (Å²) in [6.07, 6.45) is -5.58. The number of amides is 1. The zero-order valence-corrected chi connectivity index (χ0v) is 25.5. The number of carbonyl (C=O) groups is 2. The van der Waals surface area contributed by atoms with Gasteiger partial charge in [-0.15, -0.1) is 13.2 Å². The van der Waals surface area contributed by atoms with Gasteiger partial charge in [-0.05, 0) is 65.1 Å². The van der Waals surface area contributed by atoms with Crippen LogP contribution in [0.2, 0.25) is 5.02 Å². The van der Waals surface area contributed by atoms with Crippen LogP contribution in [0.4, 0.5) is 18.0 Å². The van der Waals surface area contributed by atoms with Gasteiger partial charge >= 0.3 is 18.4 Å². The highest BCUT2D eigenvalue weighted by molar-refractivity contribution is 6.32. The lowest BCUT2D eigenvalue weighted by Crippen LogP contribution is -2.38. The molecule has 1 atom stereocenters. The maximum absolute atomic E-state index is 12.6. The Balaban J connectivity index is 1.38. The molecule has 0 aromatic heterocycles. The van der Waals surface area contributed by atoms with Gasteiger partial charge in [-0.2, -0.15) is 5.26 Å². The zero-order valence-electron chi connectivity index (χ0n) is 24.7. The van der Waals surface area contributed by atoms with Gasteiger partial charge in [0.2, 0.25) is 0 Å². The molecule has 0 unspecified atom stereocenters. The molecule has 5 rings (SSSR count). The van der Waals surface area contributed by atoms with E-state index < -0.39 is 24.5 Å². The first-order valence-corrected chi connectivity index (χ1v) is 14.5. The molecule has 0 saturated carbocycles. The van der Waals surface area contributed by atoms with E-state index >= 15 is 0 Å². The first-order chi connectivity index (χ1) is 22.4. The van der Waals surface area contributed by atoms with Crippen molar-refractivity contribution in [1.82, 2.24) is 4.90 Å². The minimum atomic E-state index is -4.79. The van der Waals surface area contributed by atoms with Crippen molar-refractivity contribution in [1.29, 1.82) is 5.26 Å². The van der Waals surface area contributed by atoms with Crippen LogP contribution < -0.4 is 14.2 Å². The number of nitrogens with zero attached hydrogens (tertiary/aromatic N) is 2. The highest BCUT2D eigenvalue weighted by atomic mass is 35.5. The van der Waals surface area contributed by atoms with E-state index in [2.05, 4.69) is 10.8 Å². The van der Waals surface area contributed by atoms with E-state index in [9.17, 15) is 27.9 Å². The van der Waals surface area contributed by atoms with Gasteiger partial charge in [0.15, 0.2) is 6.04 Å². The molecule has 242 valence electrons. The van der Waals surface area contributed by atoms with E-state index in [0.29, 0.717) is 16.7 Å². The molecule has 0 spiro atoms. The van der Waals surface area contributed by atoms with Crippen LogP contribution in [-0.2, 0) is 29.3 Å². The number of halogens is 4. The number of alkyl halides is 3. The van der Waals surface area contributed by atoms with Gasteiger partial charge in [-0.1, -0.05) is 54.1 Å². The second kappa shape index (κ2) is 13.9. The van der Waals surface area contributed by atoms with Crippen LogP contribution in [0.3, 0.4) is 0 Å². The summed E-state index contributed by atoms with van der Waals surface area (Å²) in [5.41, 5.74) is 4.72. The lowest BCUT2D eigenvalue weighted by atomic mass is 9.97. The van der Waals surface area contributed by atoms with Gasteiger partial charge in [0.25, 0.3) is 0 Å². The average Bonchev–Trinajstić information content (AvgIpc) is 3.40. The van der Waals surface area contributed by atoms with Crippen molar-refractivity contribution in [3.8, 4) is 34.4 Å². The molecule has 1 amide bonds. The average molecular weight is 667 g/mol. The molecule has 1 fully saturated rings. The third-order valence-corrected chi connectivity index (χ3v) is 7.72. The minimum absolute atomic E-state index is 0.0720. The van der Waals surface area contributed by atoms with Crippen LogP contribution in [0.25, 0.3) is 11.1 Å². The Morgan fingerprint density at radius 3 is 2.38 bits per heavy atom. The van der Waals surface area contributed by atoms with Crippen LogP contribution in [0, 0.1) is 18.3 Å². The van der Waals surface area contributed by atoms with Crippen molar-refractivity contribution in [3.05, 3.63) is 112 Å². The summed E-state index contributed by atoms with van der Waals surface area (Å²) >= 11 is 6.61. The molecule has 4 aromatic carbocycles. The van der Waals surface area contributed by atoms with Gasteiger partial charge in [-0.3, -0.25) is 4.90 Å². The van der Waals surface area contributed by atoms with Crippen LogP contribution in [-0.4, -0.2) is 41.1 Å². The van der Waals surface area contributed by atoms with Crippen LogP contribution in [0.5, 0.6) is 17.2 Å². The molecular formula is C34H26ClF3N2O7. The molecule has 1 aliphatic rings. The third kappa shape index (κ3) is 8.06. The van der Waals surface area contributed by atoms with Crippen LogP contribution in [0.15, 0.2) is 78.9 Å². The van der Waals surface area contributed by atoms with Gasteiger partial charge in [-0.25, -0.2) is 9.59 Å². The summed E-state index contributed by atoms with van der Waals surface area (Å²) in [6.45, 7) is 1.56. The Morgan fingerprint density at radius 1 is 1.02 bits per heavy atom. The number of carbonyl (C=O) groups excluding carboxylic acids is 1. The molecule has 4 aromatic rings. The standard InChI is InChI=1S/C34H26ClF3N2O7/c1-20-24(3-2-4-27(20)23-9-11-26(12-10-23)47-34(36,37)38)18-45-31-14-30(44-17-22-7-5-21(15-39)6-8-22)25(13-28(31)35)16-40-29(32(41)42)19-46-33(40)43/h2-14,29H,16-19H2,1H3,(H,41,42)/t29-/m1/s1. The Bertz CT molecular complexity index is 1820. The van der Waals surface area contributed by atoms with Crippen molar-refractivity contribution in [2.45, 2.75) is 39.1 Å². The predicted molar refractivity (Wildman–Crippen MR) is 163 cm³/mol. The normalized spacial score (nSPS) is 14.3. The minimum Gasteiger partial charge on any atom is -0.488 e. The number of rotatable bonds is 11. The fourth-order valence-electron chi connectivity index (χ4n) is 4.94. The van der Waals surface area contributed by atoms with Crippen LogP contribution >= 0.6 is 11.6 Å². The van der Waals surface area contributed by atoms with Gasteiger partial charge < -0.3 is 24.1 Å². The van der Waals surface area contributed by atoms with Gasteiger partial charge in [0.05, 0.1) is 23.2 Å². The van der Waals surface area contributed by atoms with E-state index in [1.54, 1.807) is 36.4 Å². The first-order valence-electron chi connectivity index (χ1n) is 14.1. The maximum atomic E-state index is 12.6. The molecule has 1 saturated heterocycles. The summed E-state index contributed by atoms with van der Waals surface area (Å²) in [5.74, 6) is -1.01. The van der Waals surface area contributed by atoms with Gasteiger partial charge in [0.1, 0.15) is 37.1 Å². The van der Waals surface area contributed by atoms with Crippen molar-refractivity contribution in [2.75, 3.05) is 6.61 Å². The predicted octanol–water partition coefficient (Wildman–Crippen LogP) is 7.65. The number of nitriles is 1. The smallest absolute Gasteiger partial charge is 0.488 e. The largest absolute Gasteiger partial charge is 0.573 e. The number of carboxylic acids is 1. The first kappa shape index (κ1) is 33.0. The highest BCUT2D eigenvalue weighted by Gasteiger charge is 2.38. The fraction of sp³-hybridized carbons (Fsp3) is 0.206. The van der Waals surface area contributed by atoms with Crippen molar-refractivity contribution in [3.63, 3.8) is 0 Å². The Morgan fingerprint density at radius 2 is 1.72 bits per heavy atom. The Labute approximate surface area is 272 Å². The monoisotopic (exact) mass is 666 g/mol. The lowest BCUT2D eigenvalue weighted by Gasteiger charge is -2.21. The molecule has 1 N–H and O–H groups in total. The van der Waals surface area contributed by atoms with E-state index in [0.717, 1.165) is 27.2 Å². The van der Waals surface area contributed by atoms with E-state index in [1.807, 2.05) is 19.1 Å². The number of aliphatic carboxylic acids is 1. The summed E-state index contributed by atoms with van der Waals surface area (Å²) in [5, 5.41) is 18.8. The zero-order chi connectivity index (χ0) is 33.7. The molecule has 13 heteroatoms. The Kier molecular flexibility index (Phi) is 9.77. The van der Waals surface area contributed by atoms with Gasteiger partial charge in [0, 0.05) is 11.6 Å². The SMILES string of the molecule is Cc1c(COc2cc(OCc3ccc(C#N)cc3)c(CN3C(=O)OC[C@@H]3C(=O)O)cc2Cl)cccc1-c1ccc(OC(F)(F)F)cc1. The van der Waals surface area contributed by atoms with Crippen molar-refractivity contribution in [2.24, 2.45) is 0 Å². The fourth-order valence-corrected chi connectivity index (χ4v) is 5.18. The highest BCUT2D eigenvalue weighted by Crippen LogP contribution is 2.36. The Hall–Kier alpha value is -5.41. The molecule has 47 heavy (non-hydrogen) atoms. The molecule has 0 radical (unpaired) electrons. The number of hydrogen-bond donors (Lipinski definition) is 1. The second-order valence-electron chi connectivity index (χ2n) is 10.5. The molecule has 9 nitrogen and oxygen atoms in total. The maximum Gasteiger partial charge on any atom is 0.573 e. The van der Waals surface area contributed by atoms with Crippen molar-refractivity contribution >= 4 is 23.7 Å². The number of benzene rings is 4. The number of ether oxygens (including phenoxy) is 4. The van der Waals surface area contributed by atoms with Crippen LogP contribution in [0.1, 0.15) is 27.8 Å². The topological polar surface area (TPSA) is 118 Å². The molecular weight excluding hydrogens is 641 g/mol. The lowest BCUT2D eigenvalue weighted by molar-refractivity contribution is -0.274. The summed E-state index contributed by atoms with van der Waals surface area (Å²) < 4.78 is 58.8. The molecule has 1 aliphatic heterocycles. The quantitative estimate of drug-likeness (QED) is 0.173. The molecule has 0 aliphatic carbocycles. The number of hydrogen-bond acceptors (Lipinski definition) is 7. The van der Waals surface area contributed by atoms with Crippen molar-refractivity contribution < 1.29 is 46.8 Å². The second-order valence-corrected chi connectivity index (χ2v) is 10.9. The number of cyclic esters (lactones) is 1. The number of carboxylic acid groups (broad SMARTS) is 1. The third-order valence-electron chi connectivity index (χ3n) is 7.42. The summed E-state index contributed by atoms with van der Waals surface area (Å²) in [6, 6.07) is 21.7. The summed E-state index contributed by atoms with van der Waals surface area (Å²) in [7, 11) is 0. The molecule has 1 heterocycles.